The van der Waals surface area contributed by atoms with Gasteiger partial charge in [-0.05, 0) is 31.0 Å². The van der Waals surface area contributed by atoms with E-state index in [-0.39, 0.29) is 0 Å². The van der Waals surface area contributed by atoms with Crippen molar-refractivity contribution in [1.82, 2.24) is 5.32 Å². The topological polar surface area (TPSA) is 30.5 Å². The van der Waals surface area contributed by atoms with E-state index in [1.807, 2.05) is 12.1 Å². The lowest BCUT2D eigenvalue weighted by Gasteiger charge is -2.15. The normalized spacial score (nSPS) is 15.9. The molecular formula is C15H22ClNO2. The maximum Gasteiger partial charge on any atom is 0.179 e. The second-order valence-corrected chi connectivity index (χ2v) is 5.43. The highest BCUT2D eigenvalue weighted by Crippen LogP contribution is 2.37. The molecule has 19 heavy (non-hydrogen) atoms. The third-order valence-electron chi connectivity index (χ3n) is 3.24. The van der Waals surface area contributed by atoms with Gasteiger partial charge in [0, 0.05) is 19.0 Å². The van der Waals surface area contributed by atoms with Gasteiger partial charge in [-0.15, -0.1) is 0 Å². The van der Waals surface area contributed by atoms with Crippen molar-refractivity contribution in [2.75, 3.05) is 13.2 Å². The maximum atomic E-state index is 6.26. The first-order chi connectivity index (χ1) is 9.20. The summed E-state index contributed by atoms with van der Waals surface area (Å²) in [6.45, 7) is 6.55. The van der Waals surface area contributed by atoms with Crippen molar-refractivity contribution in [3.8, 4) is 11.5 Å². The average molecular weight is 284 g/mol. The van der Waals surface area contributed by atoms with Gasteiger partial charge in [-0.25, -0.2) is 0 Å². The van der Waals surface area contributed by atoms with Gasteiger partial charge in [-0.2, -0.15) is 0 Å². The van der Waals surface area contributed by atoms with E-state index in [1.54, 1.807) is 0 Å². The Hall–Kier alpha value is -0.930. The molecule has 0 radical (unpaired) electrons. The fraction of sp³-hybridized carbons (Fsp3) is 0.600. The molecule has 3 nitrogen and oxygen atoms in total. The van der Waals surface area contributed by atoms with Crippen LogP contribution in [0.2, 0.25) is 5.02 Å². The molecule has 0 saturated heterocycles. The van der Waals surface area contributed by atoms with Gasteiger partial charge in [-0.3, -0.25) is 0 Å². The molecule has 1 unspecified atom stereocenters. The molecular weight excluding hydrogens is 262 g/mol. The summed E-state index contributed by atoms with van der Waals surface area (Å²) in [7, 11) is 0. The van der Waals surface area contributed by atoms with Crippen molar-refractivity contribution < 1.29 is 9.47 Å². The maximum absolute atomic E-state index is 6.26. The zero-order valence-corrected chi connectivity index (χ0v) is 12.4. The molecule has 0 aromatic heterocycles. The number of hydrogen-bond acceptors (Lipinski definition) is 3. The Bertz CT molecular complexity index is 423. The monoisotopic (exact) mass is 283 g/mol. The van der Waals surface area contributed by atoms with Crippen LogP contribution in [0.5, 0.6) is 11.5 Å². The third-order valence-corrected chi connectivity index (χ3v) is 3.52. The zero-order valence-electron chi connectivity index (χ0n) is 11.7. The van der Waals surface area contributed by atoms with Crippen molar-refractivity contribution in [2.45, 2.75) is 45.7 Å². The Morgan fingerprint density at radius 2 is 2.11 bits per heavy atom. The van der Waals surface area contributed by atoms with Crippen LogP contribution in [-0.2, 0) is 6.54 Å². The Balaban J connectivity index is 2.06. The highest BCUT2D eigenvalue weighted by atomic mass is 35.5. The Kier molecular flexibility index (Phi) is 5.34. The zero-order chi connectivity index (χ0) is 13.7. The lowest BCUT2D eigenvalue weighted by Crippen LogP contribution is -2.25. The fourth-order valence-electron chi connectivity index (χ4n) is 2.21. The van der Waals surface area contributed by atoms with Gasteiger partial charge >= 0.3 is 0 Å². The number of halogens is 1. The molecule has 0 aliphatic carbocycles. The van der Waals surface area contributed by atoms with Crippen LogP contribution in [-0.4, -0.2) is 19.3 Å². The number of fused-ring (bicyclic) bond motifs is 1. The molecule has 0 amide bonds. The summed E-state index contributed by atoms with van der Waals surface area (Å²) < 4.78 is 11.3. The summed E-state index contributed by atoms with van der Waals surface area (Å²) >= 11 is 6.26. The van der Waals surface area contributed by atoms with Crippen LogP contribution in [0.25, 0.3) is 0 Å². The number of benzene rings is 1. The summed E-state index contributed by atoms with van der Waals surface area (Å²) in [6.07, 6.45) is 3.26. The standard InChI is InChI=1S/C15H22ClNO2/c1-3-5-11(2)17-10-12-8-13(16)15-14(9-12)18-6-4-7-19-15/h8-9,11,17H,3-7,10H2,1-2H3. The van der Waals surface area contributed by atoms with Crippen molar-refractivity contribution in [3.05, 3.63) is 22.7 Å². The van der Waals surface area contributed by atoms with Crippen LogP contribution in [0, 0.1) is 0 Å². The van der Waals surface area contributed by atoms with Gasteiger partial charge in [0.05, 0.1) is 18.2 Å². The number of ether oxygens (including phenoxy) is 2. The predicted molar refractivity (Wildman–Crippen MR) is 78.3 cm³/mol. The average Bonchev–Trinajstić information content (AvgIpc) is 2.62. The van der Waals surface area contributed by atoms with Crippen molar-refractivity contribution >= 4 is 11.6 Å². The first kappa shape index (κ1) is 14.5. The largest absolute Gasteiger partial charge is 0.489 e. The second kappa shape index (κ2) is 7.01. The minimum atomic E-state index is 0.514. The summed E-state index contributed by atoms with van der Waals surface area (Å²) in [6, 6.07) is 4.50. The molecule has 1 aliphatic rings. The van der Waals surface area contributed by atoms with Crippen LogP contribution < -0.4 is 14.8 Å². The first-order valence-corrected chi connectivity index (χ1v) is 7.40. The lowest BCUT2D eigenvalue weighted by atomic mass is 10.1. The molecule has 1 N–H and O–H groups in total. The van der Waals surface area contributed by atoms with Gasteiger partial charge in [-0.1, -0.05) is 24.9 Å². The summed E-state index contributed by atoms with van der Waals surface area (Å²) in [5, 5.41) is 4.13. The smallest absolute Gasteiger partial charge is 0.179 e. The molecule has 2 rings (SSSR count). The second-order valence-electron chi connectivity index (χ2n) is 5.03. The van der Waals surface area contributed by atoms with Crippen LogP contribution in [0.1, 0.15) is 38.7 Å². The molecule has 1 aromatic carbocycles. The van der Waals surface area contributed by atoms with Crippen molar-refractivity contribution in [3.63, 3.8) is 0 Å². The Labute approximate surface area is 120 Å². The van der Waals surface area contributed by atoms with E-state index in [4.69, 9.17) is 21.1 Å². The number of nitrogens with one attached hydrogen (secondary N) is 1. The van der Waals surface area contributed by atoms with Crippen LogP contribution in [0.3, 0.4) is 0 Å². The molecule has 0 saturated carbocycles. The Morgan fingerprint density at radius 3 is 2.89 bits per heavy atom. The quantitative estimate of drug-likeness (QED) is 0.892. The summed E-state index contributed by atoms with van der Waals surface area (Å²) in [5.41, 5.74) is 1.14. The molecule has 4 heteroatoms. The van der Waals surface area contributed by atoms with E-state index in [9.17, 15) is 0 Å². The van der Waals surface area contributed by atoms with E-state index in [2.05, 4.69) is 19.2 Å². The van der Waals surface area contributed by atoms with E-state index in [0.717, 1.165) is 24.3 Å². The predicted octanol–water partition coefficient (Wildman–Crippen LogP) is 3.78. The Morgan fingerprint density at radius 1 is 1.32 bits per heavy atom. The van der Waals surface area contributed by atoms with E-state index in [0.29, 0.717) is 30.0 Å². The molecule has 0 spiro atoms. The lowest BCUT2D eigenvalue weighted by molar-refractivity contribution is 0.297. The molecule has 1 atom stereocenters. The molecule has 0 fully saturated rings. The van der Waals surface area contributed by atoms with Gasteiger partial charge in [0.1, 0.15) is 0 Å². The highest BCUT2D eigenvalue weighted by Gasteiger charge is 2.15. The fourth-order valence-corrected chi connectivity index (χ4v) is 2.50. The summed E-state index contributed by atoms with van der Waals surface area (Å²) in [4.78, 5) is 0. The third kappa shape index (κ3) is 4.02. The molecule has 1 aliphatic heterocycles. The van der Waals surface area contributed by atoms with Crippen molar-refractivity contribution in [1.29, 1.82) is 0 Å². The van der Waals surface area contributed by atoms with E-state index < -0.39 is 0 Å². The number of rotatable bonds is 5. The van der Waals surface area contributed by atoms with Gasteiger partial charge < -0.3 is 14.8 Å². The SMILES string of the molecule is CCCC(C)NCc1cc(Cl)c2c(c1)OCCCO2. The van der Waals surface area contributed by atoms with Gasteiger partial charge in [0.15, 0.2) is 11.5 Å². The molecule has 1 aromatic rings. The number of hydrogen-bond donors (Lipinski definition) is 1. The summed E-state index contributed by atoms with van der Waals surface area (Å²) in [5.74, 6) is 1.45. The highest BCUT2D eigenvalue weighted by molar-refractivity contribution is 6.32. The van der Waals surface area contributed by atoms with Crippen LogP contribution >= 0.6 is 11.6 Å². The van der Waals surface area contributed by atoms with Crippen molar-refractivity contribution in [2.24, 2.45) is 0 Å². The molecule has 106 valence electrons. The van der Waals surface area contributed by atoms with E-state index in [1.165, 1.54) is 12.8 Å². The molecule has 0 bridgehead atoms. The van der Waals surface area contributed by atoms with E-state index >= 15 is 0 Å². The van der Waals surface area contributed by atoms with Gasteiger partial charge in [0.25, 0.3) is 0 Å². The molecule has 1 heterocycles. The van der Waals surface area contributed by atoms with Crippen LogP contribution in [0.15, 0.2) is 12.1 Å². The van der Waals surface area contributed by atoms with Crippen LogP contribution in [0.4, 0.5) is 0 Å². The van der Waals surface area contributed by atoms with Gasteiger partial charge in [0.2, 0.25) is 0 Å². The minimum Gasteiger partial charge on any atom is -0.489 e. The minimum absolute atomic E-state index is 0.514. The first-order valence-electron chi connectivity index (χ1n) is 7.02.